The highest BCUT2D eigenvalue weighted by atomic mass is 32.2. The van der Waals surface area contributed by atoms with Gasteiger partial charge in [0.1, 0.15) is 10.8 Å². The van der Waals surface area contributed by atoms with Gasteiger partial charge in [-0.2, -0.15) is 0 Å². The van der Waals surface area contributed by atoms with Crippen LogP contribution in [0, 0.1) is 11.2 Å². The summed E-state index contributed by atoms with van der Waals surface area (Å²) in [6.07, 6.45) is 2.65. The fraction of sp³-hybridized carbons (Fsp3) is 0.118. The van der Waals surface area contributed by atoms with Crippen molar-refractivity contribution in [2.75, 3.05) is 7.11 Å². The SMILES string of the molecule is COc1ncccc1CSc1nc(O)c(C=N)c2ccc(F)cc12. The zero-order valence-corrected chi connectivity index (χ0v) is 13.6. The van der Waals surface area contributed by atoms with Gasteiger partial charge in [0.15, 0.2) is 0 Å². The van der Waals surface area contributed by atoms with Gasteiger partial charge in [-0.1, -0.05) is 12.1 Å². The molecule has 7 heteroatoms. The molecule has 1 aromatic carbocycles. The summed E-state index contributed by atoms with van der Waals surface area (Å²) in [6.45, 7) is 0. The first kappa shape index (κ1) is 16.2. The summed E-state index contributed by atoms with van der Waals surface area (Å²) in [4.78, 5) is 8.26. The summed E-state index contributed by atoms with van der Waals surface area (Å²) >= 11 is 1.34. The van der Waals surface area contributed by atoms with Gasteiger partial charge in [-0.3, -0.25) is 0 Å². The molecular weight excluding hydrogens is 329 g/mol. The van der Waals surface area contributed by atoms with Gasteiger partial charge in [-0.15, -0.1) is 11.8 Å². The van der Waals surface area contributed by atoms with E-state index in [4.69, 9.17) is 10.1 Å². The van der Waals surface area contributed by atoms with Crippen molar-refractivity contribution in [1.29, 1.82) is 5.41 Å². The first-order valence-corrected chi connectivity index (χ1v) is 8.06. The number of fused-ring (bicyclic) bond motifs is 1. The van der Waals surface area contributed by atoms with Crippen LogP contribution in [-0.4, -0.2) is 28.4 Å². The van der Waals surface area contributed by atoms with Crippen molar-refractivity contribution in [3.63, 3.8) is 0 Å². The monoisotopic (exact) mass is 343 g/mol. The van der Waals surface area contributed by atoms with E-state index in [1.165, 1.54) is 23.9 Å². The number of hydrogen-bond donors (Lipinski definition) is 2. The maximum absolute atomic E-state index is 13.6. The lowest BCUT2D eigenvalue weighted by molar-refractivity contribution is 0.394. The highest BCUT2D eigenvalue weighted by molar-refractivity contribution is 7.98. The van der Waals surface area contributed by atoms with Crippen molar-refractivity contribution in [3.8, 4) is 11.8 Å². The minimum absolute atomic E-state index is 0.246. The van der Waals surface area contributed by atoms with Gasteiger partial charge in [0.2, 0.25) is 11.8 Å². The Balaban J connectivity index is 2.03. The predicted molar refractivity (Wildman–Crippen MR) is 91.6 cm³/mol. The van der Waals surface area contributed by atoms with Crippen LogP contribution in [0.4, 0.5) is 4.39 Å². The Hall–Kier alpha value is -2.67. The summed E-state index contributed by atoms with van der Waals surface area (Å²) < 4.78 is 18.9. The molecule has 0 aliphatic carbocycles. The lowest BCUT2D eigenvalue weighted by Gasteiger charge is -2.11. The number of halogens is 1. The summed E-state index contributed by atoms with van der Waals surface area (Å²) in [5, 5.41) is 19.1. The Labute approximate surface area is 142 Å². The lowest BCUT2D eigenvalue weighted by Crippen LogP contribution is -1.95. The number of pyridine rings is 2. The Morgan fingerprint density at radius 2 is 2.17 bits per heavy atom. The van der Waals surface area contributed by atoms with Crippen molar-refractivity contribution in [2.45, 2.75) is 10.8 Å². The standard InChI is InChI=1S/C17H14FN3O2S/c1-23-16-10(3-2-6-20-16)9-24-17-13-7-11(18)4-5-12(13)14(8-19)15(22)21-17/h2-8,19H,9H2,1H3,(H,21,22). The summed E-state index contributed by atoms with van der Waals surface area (Å²) in [5.74, 6) is 0.372. The zero-order valence-electron chi connectivity index (χ0n) is 12.8. The molecular formula is C17H14FN3O2S. The van der Waals surface area contributed by atoms with Crippen molar-refractivity contribution < 1.29 is 14.2 Å². The second-order valence-electron chi connectivity index (χ2n) is 4.95. The largest absolute Gasteiger partial charge is 0.493 e. The van der Waals surface area contributed by atoms with E-state index in [0.29, 0.717) is 27.4 Å². The van der Waals surface area contributed by atoms with Crippen LogP contribution in [0.3, 0.4) is 0 Å². The highest BCUT2D eigenvalue weighted by Crippen LogP contribution is 2.35. The number of aromatic hydroxyl groups is 1. The minimum Gasteiger partial charge on any atom is -0.493 e. The van der Waals surface area contributed by atoms with Gasteiger partial charge in [0.25, 0.3) is 0 Å². The molecule has 0 spiro atoms. The predicted octanol–water partition coefficient (Wildman–Crippen LogP) is 3.77. The molecule has 3 rings (SSSR count). The van der Waals surface area contributed by atoms with Crippen molar-refractivity contribution in [1.82, 2.24) is 9.97 Å². The number of thioether (sulfide) groups is 1. The first-order valence-electron chi connectivity index (χ1n) is 7.07. The van der Waals surface area contributed by atoms with Crippen LogP contribution in [0.2, 0.25) is 0 Å². The number of methoxy groups -OCH3 is 1. The van der Waals surface area contributed by atoms with Crippen LogP contribution in [-0.2, 0) is 5.75 Å². The number of nitrogens with one attached hydrogen (secondary N) is 1. The minimum atomic E-state index is -0.397. The summed E-state index contributed by atoms with van der Waals surface area (Å²) in [6, 6.07) is 7.89. The molecule has 0 radical (unpaired) electrons. The normalized spacial score (nSPS) is 10.8. The third kappa shape index (κ3) is 3.03. The van der Waals surface area contributed by atoms with Crippen molar-refractivity contribution in [2.24, 2.45) is 0 Å². The van der Waals surface area contributed by atoms with E-state index in [9.17, 15) is 9.50 Å². The zero-order chi connectivity index (χ0) is 17.1. The molecule has 2 heterocycles. The van der Waals surface area contributed by atoms with Crippen LogP contribution in [0.25, 0.3) is 10.8 Å². The topological polar surface area (TPSA) is 79.1 Å². The Morgan fingerprint density at radius 3 is 2.92 bits per heavy atom. The molecule has 0 fully saturated rings. The molecule has 5 nitrogen and oxygen atoms in total. The van der Waals surface area contributed by atoms with E-state index >= 15 is 0 Å². The molecule has 0 aliphatic rings. The lowest BCUT2D eigenvalue weighted by atomic mass is 10.1. The van der Waals surface area contributed by atoms with Crippen LogP contribution in [0.5, 0.6) is 11.8 Å². The van der Waals surface area contributed by atoms with Gasteiger partial charge < -0.3 is 15.3 Å². The molecule has 0 saturated heterocycles. The number of benzene rings is 1. The molecule has 0 saturated carbocycles. The summed E-state index contributed by atoms with van der Waals surface area (Å²) in [5.41, 5.74) is 1.14. The number of ether oxygens (including phenoxy) is 1. The number of nitrogens with zero attached hydrogens (tertiary/aromatic N) is 2. The van der Waals surface area contributed by atoms with Gasteiger partial charge in [-0.25, -0.2) is 14.4 Å². The van der Waals surface area contributed by atoms with E-state index in [-0.39, 0.29) is 11.4 Å². The van der Waals surface area contributed by atoms with Gasteiger partial charge in [0.05, 0.1) is 12.7 Å². The smallest absolute Gasteiger partial charge is 0.221 e. The average Bonchev–Trinajstić information content (AvgIpc) is 2.60. The second-order valence-corrected chi connectivity index (χ2v) is 5.91. The fourth-order valence-electron chi connectivity index (χ4n) is 2.38. The molecule has 2 aromatic heterocycles. The Morgan fingerprint density at radius 1 is 1.33 bits per heavy atom. The van der Waals surface area contributed by atoms with Crippen LogP contribution in [0.1, 0.15) is 11.1 Å². The Kier molecular flexibility index (Phi) is 4.61. The maximum atomic E-state index is 13.6. The second kappa shape index (κ2) is 6.84. The van der Waals surface area contributed by atoms with Crippen molar-refractivity contribution in [3.05, 3.63) is 53.5 Å². The van der Waals surface area contributed by atoms with Crippen molar-refractivity contribution >= 4 is 28.7 Å². The van der Waals surface area contributed by atoms with E-state index in [0.717, 1.165) is 11.8 Å². The van der Waals surface area contributed by atoms with Gasteiger partial charge >= 0.3 is 0 Å². The first-order chi connectivity index (χ1) is 11.6. The highest BCUT2D eigenvalue weighted by Gasteiger charge is 2.14. The number of aromatic nitrogens is 2. The molecule has 24 heavy (non-hydrogen) atoms. The molecule has 3 aromatic rings. The quantitative estimate of drug-likeness (QED) is 0.544. The molecule has 2 N–H and O–H groups in total. The van der Waals surface area contributed by atoms with Crippen LogP contribution >= 0.6 is 11.8 Å². The summed E-state index contributed by atoms with van der Waals surface area (Å²) in [7, 11) is 1.55. The molecule has 0 aliphatic heterocycles. The van der Waals surface area contributed by atoms with E-state index < -0.39 is 5.82 Å². The maximum Gasteiger partial charge on any atom is 0.221 e. The van der Waals surface area contributed by atoms with Crippen LogP contribution < -0.4 is 4.74 Å². The number of rotatable bonds is 5. The molecule has 0 atom stereocenters. The van der Waals surface area contributed by atoms with E-state index in [2.05, 4.69) is 9.97 Å². The molecule has 0 unspecified atom stereocenters. The molecule has 122 valence electrons. The average molecular weight is 343 g/mol. The number of hydrogen-bond acceptors (Lipinski definition) is 6. The molecule has 0 bridgehead atoms. The van der Waals surface area contributed by atoms with Crippen LogP contribution in [0.15, 0.2) is 41.6 Å². The Bertz CT molecular complexity index is 918. The molecule has 0 amide bonds. The van der Waals surface area contributed by atoms with E-state index in [1.807, 2.05) is 6.07 Å². The third-order valence-electron chi connectivity index (χ3n) is 3.50. The third-order valence-corrected chi connectivity index (χ3v) is 4.54. The van der Waals surface area contributed by atoms with E-state index in [1.54, 1.807) is 25.4 Å². The van der Waals surface area contributed by atoms with Gasteiger partial charge in [-0.05, 0) is 23.6 Å². The fourth-order valence-corrected chi connectivity index (χ4v) is 3.37. The van der Waals surface area contributed by atoms with Gasteiger partial charge in [0, 0.05) is 29.1 Å².